The molecule has 0 saturated heterocycles. The van der Waals surface area contributed by atoms with E-state index >= 15 is 0 Å². The van der Waals surface area contributed by atoms with Gasteiger partial charge in [-0.25, -0.2) is 4.79 Å². The van der Waals surface area contributed by atoms with Crippen LogP contribution < -0.4 is 4.74 Å². The number of hydrogen-bond donors (Lipinski definition) is 0. The third-order valence-electron chi connectivity index (χ3n) is 5.00. The monoisotopic (exact) mass is 439 g/mol. The fraction of sp³-hybridized carbons (Fsp3) is 0.304. The van der Waals surface area contributed by atoms with Gasteiger partial charge in [-0.15, -0.1) is 0 Å². The van der Waals surface area contributed by atoms with E-state index in [4.69, 9.17) is 14.5 Å². The van der Waals surface area contributed by atoms with Crippen LogP contribution in [-0.4, -0.2) is 24.2 Å². The minimum absolute atomic E-state index is 0.205. The molecule has 1 aliphatic carbocycles. The van der Waals surface area contributed by atoms with E-state index in [0.29, 0.717) is 12.2 Å². The summed E-state index contributed by atoms with van der Waals surface area (Å²) in [5.41, 5.74) is 3.66. The zero-order chi connectivity index (χ0) is 19.3. The first-order valence-corrected chi connectivity index (χ1v) is 10.5. The second kappa shape index (κ2) is 8.74. The number of ether oxygens (including phenoxy) is 2. The lowest BCUT2D eigenvalue weighted by Gasteiger charge is -2.15. The third-order valence-corrected chi connectivity index (χ3v) is 5.50. The number of benzene rings is 2. The van der Waals surface area contributed by atoms with Crippen molar-refractivity contribution in [2.75, 3.05) is 13.2 Å². The minimum atomic E-state index is -0.283. The van der Waals surface area contributed by atoms with Crippen LogP contribution in [0.1, 0.15) is 40.9 Å². The van der Waals surface area contributed by atoms with Crippen molar-refractivity contribution in [2.24, 2.45) is 0 Å². The molecule has 0 spiro atoms. The van der Waals surface area contributed by atoms with Crippen molar-refractivity contribution in [3.8, 4) is 5.75 Å². The molecule has 2 aromatic carbocycles. The lowest BCUT2D eigenvalue weighted by Crippen LogP contribution is -2.16. The predicted molar refractivity (Wildman–Crippen MR) is 113 cm³/mol. The first kappa shape index (κ1) is 18.9. The first-order chi connectivity index (χ1) is 13.7. The number of nitrogens with zero attached hydrogens (tertiary/aromatic N) is 1. The van der Waals surface area contributed by atoms with Gasteiger partial charge >= 0.3 is 5.97 Å². The Morgan fingerprint density at radius 3 is 2.75 bits per heavy atom. The maximum absolute atomic E-state index is 13.0. The van der Waals surface area contributed by atoms with Gasteiger partial charge in [0.25, 0.3) is 0 Å². The van der Waals surface area contributed by atoms with Gasteiger partial charge in [0, 0.05) is 15.6 Å². The first-order valence-electron chi connectivity index (χ1n) is 9.68. The van der Waals surface area contributed by atoms with Crippen LogP contribution in [0.4, 0.5) is 0 Å². The van der Waals surface area contributed by atoms with Crippen molar-refractivity contribution in [2.45, 2.75) is 32.1 Å². The maximum Gasteiger partial charge on any atom is 0.339 e. The van der Waals surface area contributed by atoms with E-state index in [1.165, 1.54) is 6.42 Å². The summed E-state index contributed by atoms with van der Waals surface area (Å²) in [5.74, 6) is 0.461. The molecule has 0 fully saturated rings. The van der Waals surface area contributed by atoms with Gasteiger partial charge in [0.2, 0.25) is 0 Å². The van der Waals surface area contributed by atoms with Crippen LogP contribution in [-0.2, 0) is 17.6 Å². The molecule has 1 heterocycles. The number of fused-ring (bicyclic) bond motifs is 2. The molecule has 0 saturated carbocycles. The van der Waals surface area contributed by atoms with Gasteiger partial charge in [-0.3, -0.25) is 4.98 Å². The van der Waals surface area contributed by atoms with Gasteiger partial charge in [0.05, 0.1) is 11.1 Å². The average molecular weight is 440 g/mol. The molecular weight excluding hydrogens is 418 g/mol. The largest absolute Gasteiger partial charge is 0.490 e. The summed E-state index contributed by atoms with van der Waals surface area (Å²) in [6, 6.07) is 15.4. The number of carbonyl (C=O) groups is 1. The highest BCUT2D eigenvalue weighted by Crippen LogP contribution is 2.29. The van der Waals surface area contributed by atoms with Crippen LogP contribution in [0.25, 0.3) is 10.9 Å². The third kappa shape index (κ3) is 4.20. The van der Waals surface area contributed by atoms with Crippen LogP contribution in [0.2, 0.25) is 0 Å². The summed E-state index contributed by atoms with van der Waals surface area (Å²) in [5, 5.41) is 0.876. The molecular formula is C23H22BrNO3. The number of rotatable bonds is 5. The van der Waals surface area contributed by atoms with Crippen LogP contribution in [0.15, 0.2) is 53.0 Å². The molecule has 0 radical (unpaired) electrons. The maximum atomic E-state index is 13.0. The Kier molecular flexibility index (Phi) is 5.91. The Hall–Kier alpha value is -2.40. The summed E-state index contributed by atoms with van der Waals surface area (Å²) in [6.07, 6.45) is 5.17. The fourth-order valence-corrected chi connectivity index (χ4v) is 4.08. The predicted octanol–water partition coefficient (Wildman–Crippen LogP) is 5.50. The van der Waals surface area contributed by atoms with Gasteiger partial charge in [-0.2, -0.15) is 0 Å². The molecule has 3 aromatic rings. The van der Waals surface area contributed by atoms with E-state index < -0.39 is 0 Å². The molecule has 4 nitrogen and oxygen atoms in total. The Balaban J connectivity index is 1.52. The molecule has 0 unspecified atom stereocenters. The number of aromatic nitrogens is 1. The number of esters is 1. The van der Waals surface area contributed by atoms with Crippen molar-refractivity contribution in [3.63, 3.8) is 0 Å². The van der Waals surface area contributed by atoms with E-state index in [2.05, 4.69) is 15.9 Å². The van der Waals surface area contributed by atoms with Gasteiger partial charge in [-0.05, 0) is 55.5 Å². The second-order valence-electron chi connectivity index (χ2n) is 6.93. The topological polar surface area (TPSA) is 48.4 Å². The minimum Gasteiger partial charge on any atom is -0.490 e. The van der Waals surface area contributed by atoms with Crippen molar-refractivity contribution < 1.29 is 14.3 Å². The summed E-state index contributed by atoms with van der Waals surface area (Å²) in [7, 11) is 0. The van der Waals surface area contributed by atoms with Gasteiger partial charge in [0.1, 0.15) is 19.0 Å². The Labute approximate surface area is 173 Å². The van der Waals surface area contributed by atoms with Crippen molar-refractivity contribution in [1.82, 2.24) is 4.98 Å². The quantitative estimate of drug-likeness (QED) is 0.299. The summed E-state index contributed by atoms with van der Waals surface area (Å²) in [4.78, 5) is 17.8. The number of hydrogen-bond acceptors (Lipinski definition) is 4. The van der Waals surface area contributed by atoms with Crippen molar-refractivity contribution >= 4 is 32.8 Å². The normalized spacial score (nSPS) is 13.6. The van der Waals surface area contributed by atoms with Crippen LogP contribution in [0.5, 0.6) is 5.75 Å². The molecule has 5 heteroatoms. The van der Waals surface area contributed by atoms with E-state index in [0.717, 1.165) is 58.1 Å². The fourth-order valence-electron chi connectivity index (χ4n) is 3.71. The molecule has 0 amide bonds. The van der Waals surface area contributed by atoms with E-state index in [9.17, 15) is 4.79 Å². The average Bonchev–Trinajstić information content (AvgIpc) is 2.94. The Morgan fingerprint density at radius 2 is 1.86 bits per heavy atom. The summed E-state index contributed by atoms with van der Waals surface area (Å²) < 4.78 is 12.2. The zero-order valence-electron chi connectivity index (χ0n) is 15.6. The molecule has 4 rings (SSSR count). The zero-order valence-corrected chi connectivity index (χ0v) is 17.2. The number of para-hydroxylation sites is 1. The SMILES string of the molecule is O=C(OCCOc1cccc(Br)c1)c1c2c(nc3ccccc13)CCCCC2. The number of aryl methyl sites for hydroxylation is 1. The molecule has 28 heavy (non-hydrogen) atoms. The highest BCUT2D eigenvalue weighted by Gasteiger charge is 2.22. The van der Waals surface area contributed by atoms with Crippen molar-refractivity contribution in [3.05, 3.63) is 69.8 Å². The Bertz CT molecular complexity index is 1000. The van der Waals surface area contributed by atoms with Crippen LogP contribution in [0, 0.1) is 0 Å². The van der Waals surface area contributed by atoms with Gasteiger partial charge in [-0.1, -0.05) is 46.6 Å². The van der Waals surface area contributed by atoms with E-state index in [-0.39, 0.29) is 12.6 Å². The van der Waals surface area contributed by atoms with E-state index in [1.54, 1.807) is 0 Å². The van der Waals surface area contributed by atoms with Gasteiger partial charge < -0.3 is 9.47 Å². The molecule has 0 bridgehead atoms. The van der Waals surface area contributed by atoms with Crippen LogP contribution in [0.3, 0.4) is 0 Å². The lowest BCUT2D eigenvalue weighted by molar-refractivity contribution is 0.0451. The standard InChI is InChI=1S/C23H22BrNO3/c24-16-7-6-8-17(15-16)27-13-14-28-23(26)22-18-9-2-1-3-11-20(18)25-21-12-5-4-10-19(21)22/h4-8,10,12,15H,1-3,9,11,13-14H2. The molecule has 1 aliphatic rings. The molecule has 1 aromatic heterocycles. The number of halogens is 1. The Morgan fingerprint density at radius 1 is 1.00 bits per heavy atom. The number of pyridine rings is 1. The summed E-state index contributed by atoms with van der Waals surface area (Å²) >= 11 is 3.42. The molecule has 0 atom stereocenters. The molecule has 0 aliphatic heterocycles. The summed E-state index contributed by atoms with van der Waals surface area (Å²) in [6.45, 7) is 0.518. The van der Waals surface area contributed by atoms with Crippen LogP contribution >= 0.6 is 15.9 Å². The number of carbonyl (C=O) groups excluding carboxylic acids is 1. The van der Waals surface area contributed by atoms with Crippen molar-refractivity contribution in [1.29, 1.82) is 0 Å². The van der Waals surface area contributed by atoms with Gasteiger partial charge in [0.15, 0.2) is 0 Å². The highest BCUT2D eigenvalue weighted by molar-refractivity contribution is 9.10. The highest BCUT2D eigenvalue weighted by atomic mass is 79.9. The smallest absolute Gasteiger partial charge is 0.339 e. The molecule has 0 N–H and O–H groups in total. The van der Waals surface area contributed by atoms with E-state index in [1.807, 2.05) is 48.5 Å². The second-order valence-corrected chi connectivity index (χ2v) is 7.85. The molecule has 144 valence electrons. The lowest BCUT2D eigenvalue weighted by atomic mass is 9.97.